The quantitative estimate of drug-likeness (QED) is 0.0319. The van der Waals surface area contributed by atoms with Crippen LogP contribution in [0.3, 0.4) is 0 Å². The Balaban J connectivity index is 0.000000209. The van der Waals surface area contributed by atoms with E-state index in [1.807, 2.05) is 66.7 Å². The maximum atomic E-state index is 12.8. The molecule has 6 aliphatic heterocycles. The minimum Gasteiger partial charge on any atom is -0.481 e. The number of aliphatic hydroxyl groups is 3. The number of methoxy groups -OCH3 is 3. The molecule has 4 saturated carbocycles. The second-order valence-electron chi connectivity index (χ2n) is 32.9. The minimum absolute atomic E-state index is 0. The van der Waals surface area contributed by atoms with Gasteiger partial charge in [-0.1, -0.05) is 74.2 Å². The first kappa shape index (κ1) is 100. The Kier molecular flexibility index (Phi) is 37.8. The SMILES string of the molecule is C.COC(=O)[C@@]12OC(CN)[C@@H](O)[C@@H]1OC(C)(C)O2.COC(=O)[C@@]12OC(CNC(=O)C3CCC(CN)CC3)[C@@H](O)[C@@H]1OC(C)(C)O2.COC(=O)[C@@]12OC(CNC(=O)C3CCC(CNC(=O)c4ccccc4)CC3)[C@@H](O)[C@@H]1OC(C)(C)O2.NCC1CCC(C(=O)O)CC1.O=C(Cl)OCc1ccccc1.O=C(NCC1CCC(C(=O)O)CC1)c1ccccc1. The molecular weight excluding hydrogens is 1600 g/mol. The van der Waals surface area contributed by atoms with Gasteiger partial charge in [-0.15, -0.1) is 0 Å². The number of ether oxygens (including phenoxy) is 13. The standard InChI is InChI=1S/C25H34N2O8.C18H30N2O7.C15H19NO3.C10H17NO6.C8H7ClO2.C8H15NO2.CH4/c1-24(2)34-20-19(28)18(33-25(20,35-24)23(31)32-3)14-27-22(30)17-11-9-15(10-12-17)13-26-21(29)16-7-5-4-6-8-16;1-17(2)26-14-13(21)12(25-18(14,27-17)16(23)24-3)9-20-15(22)11-6-4-10(8-19)5-7-11;17-14(12-4-2-1-3-5-12)16-10-11-6-8-13(9-7-11)15(18)19;1-9(2)16-7-6(12)5(4-11)15-10(7,17-9)8(13)14-3;9-8(10)11-6-7-4-2-1-3-5-7;9-5-6-1-3-7(4-2-6)8(10)11;/h4-8,15,17-20,28H,9-14H2,1-3H3,(H,26,29)(H,27,30);10-14,21H,4-9,19H2,1-3H3,(H,20,22);1-5,11,13H,6-10H2,(H,16,17)(H,18,19);5-7,12H,4,11H2,1-3H3;1-5H,6H2;6-7H,1-5,9H2,(H,10,11);1H4/t15?,17?,18?,19-,20+,25-;10?,11?,12?,13-,14+,18-;;5?,6-,7+,10-;;;/m11.1.../s1. The van der Waals surface area contributed by atoms with Crippen molar-refractivity contribution in [3.05, 3.63) is 108 Å². The van der Waals surface area contributed by atoms with E-state index in [0.29, 0.717) is 73.8 Å². The Hall–Kier alpha value is -7.95. The number of carbonyl (C=O) groups is 10. The Morgan fingerprint density at radius 3 is 0.975 bits per heavy atom. The fraction of sp³-hybridized carbons (Fsp3) is 0.671. The average Bonchev–Trinajstić information content (AvgIpc) is 1.58. The van der Waals surface area contributed by atoms with Crippen molar-refractivity contribution in [1.82, 2.24) is 21.3 Å². The summed E-state index contributed by atoms with van der Waals surface area (Å²) in [6.07, 6.45) is 4.61. The van der Waals surface area contributed by atoms with Gasteiger partial charge in [-0.05, 0) is 211 Å². The lowest BCUT2D eigenvalue weighted by Crippen LogP contribution is -2.48. The topological polar surface area (TPSA) is 518 Å². The maximum absolute atomic E-state index is 12.8. The van der Waals surface area contributed by atoms with Gasteiger partial charge in [0.2, 0.25) is 11.8 Å². The van der Waals surface area contributed by atoms with E-state index in [-0.39, 0.29) is 81.0 Å². The fourth-order valence-electron chi connectivity index (χ4n) is 16.5. The number of aliphatic carboxylic acids is 2. The van der Waals surface area contributed by atoms with Crippen molar-refractivity contribution in [2.24, 2.45) is 64.5 Å². The van der Waals surface area contributed by atoms with Crippen LogP contribution in [0.1, 0.15) is 178 Å². The van der Waals surface area contributed by atoms with Gasteiger partial charge in [-0.3, -0.25) is 28.8 Å². The number of amides is 4. The number of hydrogen-bond acceptors (Lipinski definition) is 29. The molecule has 4 amide bonds. The predicted molar refractivity (Wildman–Crippen MR) is 434 cm³/mol. The van der Waals surface area contributed by atoms with Gasteiger partial charge in [0, 0.05) is 67.3 Å². The molecule has 3 unspecified atom stereocenters. The van der Waals surface area contributed by atoms with E-state index in [1.54, 1.807) is 65.8 Å². The number of hydrogen-bond donors (Lipinski definition) is 12. The van der Waals surface area contributed by atoms with Crippen molar-refractivity contribution < 1.29 is 135 Å². The minimum atomic E-state index is -1.87. The molecule has 4 aliphatic carbocycles. The van der Waals surface area contributed by atoms with Crippen LogP contribution in [-0.2, 0) is 102 Å². The number of aliphatic hydroxyl groups excluding tert-OH is 3. The van der Waals surface area contributed by atoms with Crippen LogP contribution in [0.2, 0.25) is 0 Å². The van der Waals surface area contributed by atoms with Crippen LogP contribution in [0.4, 0.5) is 4.79 Å². The molecule has 0 aromatic heterocycles. The summed E-state index contributed by atoms with van der Waals surface area (Å²) in [7, 11) is 3.64. The lowest BCUT2D eigenvalue weighted by molar-refractivity contribution is -0.263. The molecule has 10 aliphatic rings. The highest BCUT2D eigenvalue weighted by Crippen LogP contribution is 2.49. The number of fused-ring (bicyclic) bond motifs is 3. The number of esters is 3. The number of nitrogens with two attached hydrogens (primary N) is 3. The summed E-state index contributed by atoms with van der Waals surface area (Å²) in [5, 5.41) is 60.4. The van der Waals surface area contributed by atoms with Gasteiger partial charge in [0.1, 0.15) is 43.2 Å². The van der Waals surface area contributed by atoms with Gasteiger partial charge >= 0.3 is 52.6 Å². The number of carboxylic acids is 2. The van der Waals surface area contributed by atoms with Crippen molar-refractivity contribution >= 4 is 70.5 Å². The van der Waals surface area contributed by atoms with E-state index in [1.165, 1.54) is 21.3 Å². The molecule has 10 fully saturated rings. The molecule has 13 rings (SSSR count). The summed E-state index contributed by atoms with van der Waals surface area (Å²) >= 11 is 4.97. The monoisotopic (exact) mass is 1730 g/mol. The van der Waals surface area contributed by atoms with Gasteiger partial charge in [0.05, 0.1) is 33.2 Å². The van der Waals surface area contributed by atoms with Crippen molar-refractivity contribution in [2.45, 2.75) is 248 Å². The van der Waals surface area contributed by atoms with Crippen LogP contribution in [0, 0.1) is 47.3 Å². The number of benzene rings is 3. The lowest BCUT2D eigenvalue weighted by Gasteiger charge is -2.29. The van der Waals surface area contributed by atoms with Crippen LogP contribution >= 0.6 is 11.6 Å². The summed E-state index contributed by atoms with van der Waals surface area (Å²) in [5.41, 5.74) is 18.1. The van der Waals surface area contributed by atoms with Crippen LogP contribution in [-0.4, -0.2) is 241 Å². The predicted octanol–water partition coefficient (Wildman–Crippen LogP) is 5.83. The first-order valence-electron chi connectivity index (χ1n) is 41.0. The van der Waals surface area contributed by atoms with E-state index in [4.69, 9.17) is 91.1 Å². The zero-order valence-electron chi connectivity index (χ0n) is 69.7. The first-order chi connectivity index (χ1) is 56.9. The molecule has 676 valence electrons. The Morgan fingerprint density at radius 2 is 0.686 bits per heavy atom. The largest absolute Gasteiger partial charge is 0.481 e. The summed E-state index contributed by atoms with van der Waals surface area (Å²) in [6.45, 7) is 12.7. The van der Waals surface area contributed by atoms with E-state index < -0.39 is 125 Å². The molecule has 3 aromatic carbocycles. The fourth-order valence-corrected chi connectivity index (χ4v) is 16.5. The zero-order chi connectivity index (χ0) is 87.9. The summed E-state index contributed by atoms with van der Waals surface area (Å²) < 4.78 is 69.5. The normalized spacial score (nSPS) is 32.1. The van der Waals surface area contributed by atoms with Crippen molar-refractivity contribution in [2.75, 3.05) is 67.1 Å². The molecule has 15 N–H and O–H groups in total. The molecule has 0 spiro atoms. The van der Waals surface area contributed by atoms with Gasteiger partial charge in [0.25, 0.3) is 11.8 Å². The summed E-state index contributed by atoms with van der Waals surface area (Å²) in [4.78, 5) is 117. The van der Waals surface area contributed by atoms with Crippen molar-refractivity contribution in [3.63, 3.8) is 0 Å². The molecule has 3 aromatic rings. The number of rotatable bonds is 22. The smallest absolute Gasteiger partial charge is 0.404 e. The third-order valence-electron chi connectivity index (χ3n) is 23.1. The molecule has 6 saturated heterocycles. The lowest BCUT2D eigenvalue weighted by atomic mass is 9.81. The number of carbonyl (C=O) groups excluding carboxylic acids is 8. The molecule has 6 heterocycles. The maximum Gasteiger partial charge on any atom is 0.404 e. The molecule has 36 heteroatoms. The molecule has 121 heavy (non-hydrogen) atoms. The van der Waals surface area contributed by atoms with Gasteiger partial charge < -0.3 is 126 Å². The number of nitrogens with one attached hydrogen (secondary N) is 4. The van der Waals surface area contributed by atoms with Crippen LogP contribution in [0.5, 0.6) is 0 Å². The first-order valence-corrected chi connectivity index (χ1v) is 41.4. The van der Waals surface area contributed by atoms with Crippen LogP contribution in [0.15, 0.2) is 91.0 Å². The highest BCUT2D eigenvalue weighted by molar-refractivity contribution is 6.61. The second-order valence-corrected chi connectivity index (χ2v) is 33.3. The summed E-state index contributed by atoms with van der Waals surface area (Å²) in [6, 6.07) is 27.6. The molecule has 35 nitrogen and oxygen atoms in total. The average molecular weight is 1730 g/mol. The summed E-state index contributed by atoms with van der Waals surface area (Å²) in [5.74, 6) is -11.4. The van der Waals surface area contributed by atoms with Gasteiger partial charge in [-0.25, -0.2) is 19.2 Å². The number of halogens is 1. The number of carboxylic acid groups (broad SMARTS) is 2. The van der Waals surface area contributed by atoms with E-state index in [2.05, 4.69) is 30.7 Å². The van der Waals surface area contributed by atoms with Crippen LogP contribution < -0.4 is 38.5 Å². The Morgan fingerprint density at radius 1 is 0.397 bits per heavy atom. The molecule has 12 atom stereocenters. The third-order valence-corrected chi connectivity index (χ3v) is 23.2. The van der Waals surface area contributed by atoms with E-state index in [0.717, 1.165) is 95.5 Å². The van der Waals surface area contributed by atoms with Crippen LogP contribution in [0.25, 0.3) is 0 Å². The van der Waals surface area contributed by atoms with E-state index >= 15 is 0 Å². The Labute approximate surface area is 711 Å². The molecular formula is C85H126ClN7O28. The third kappa shape index (κ3) is 26.8. The highest BCUT2D eigenvalue weighted by atomic mass is 35.5. The second kappa shape index (κ2) is 45.6. The van der Waals surface area contributed by atoms with Gasteiger partial charge in [0.15, 0.2) is 35.7 Å². The zero-order valence-corrected chi connectivity index (χ0v) is 70.4. The van der Waals surface area contributed by atoms with Crippen molar-refractivity contribution in [1.29, 1.82) is 0 Å². The molecule has 0 bridgehead atoms. The molecule has 0 radical (unpaired) electrons. The highest BCUT2D eigenvalue weighted by Gasteiger charge is 2.72. The Bertz CT molecular complexity index is 3840. The van der Waals surface area contributed by atoms with E-state index in [9.17, 15) is 63.3 Å². The van der Waals surface area contributed by atoms with Crippen molar-refractivity contribution in [3.8, 4) is 0 Å². The van der Waals surface area contributed by atoms with Gasteiger partial charge in [-0.2, -0.15) is 0 Å².